The van der Waals surface area contributed by atoms with Gasteiger partial charge in [0.2, 0.25) is 5.91 Å². The van der Waals surface area contributed by atoms with Gasteiger partial charge in [-0.3, -0.25) is 9.69 Å². The van der Waals surface area contributed by atoms with Gasteiger partial charge in [-0.15, -0.1) is 0 Å². The average molecular weight is 491 g/mol. The molecule has 0 saturated carbocycles. The Kier molecular flexibility index (Phi) is 7.59. The van der Waals surface area contributed by atoms with Crippen LogP contribution in [-0.4, -0.2) is 54.1 Å². The van der Waals surface area contributed by atoms with E-state index in [-0.39, 0.29) is 18.2 Å². The van der Waals surface area contributed by atoms with Crippen molar-refractivity contribution in [2.24, 2.45) is 0 Å². The van der Waals surface area contributed by atoms with Crippen molar-refractivity contribution in [2.45, 2.75) is 6.92 Å². The molecule has 10 heteroatoms. The number of rotatable bonds is 9. The number of likely N-dealkylation sites (N-methyl/N-ethyl adjacent to an activating group) is 1. The third-order valence-corrected chi connectivity index (χ3v) is 5.08. The minimum atomic E-state index is -0.416. The second kappa shape index (κ2) is 10.4. The summed E-state index contributed by atoms with van der Waals surface area (Å²) < 4.78 is 20.5. The van der Waals surface area contributed by atoms with Gasteiger partial charge in [-0.1, -0.05) is 22.9 Å². The zero-order valence-corrected chi connectivity index (χ0v) is 18.9. The molecule has 0 aliphatic carbocycles. The van der Waals surface area contributed by atoms with Gasteiger partial charge in [0.15, 0.2) is 0 Å². The van der Waals surface area contributed by atoms with Crippen LogP contribution in [0.3, 0.4) is 0 Å². The van der Waals surface area contributed by atoms with Crippen LogP contribution < -0.4 is 21.1 Å². The van der Waals surface area contributed by atoms with E-state index in [9.17, 15) is 9.18 Å². The predicted molar refractivity (Wildman–Crippen MR) is 123 cm³/mol. The zero-order chi connectivity index (χ0) is 22.4. The molecule has 164 valence electrons. The minimum absolute atomic E-state index is 0.0666. The summed E-state index contributed by atoms with van der Waals surface area (Å²) in [5.74, 6) is 0.396. The second-order valence-electron chi connectivity index (χ2n) is 6.91. The first-order valence-corrected chi connectivity index (χ1v) is 10.5. The lowest BCUT2D eigenvalue weighted by Gasteiger charge is -2.15. The van der Waals surface area contributed by atoms with Crippen LogP contribution in [0.1, 0.15) is 6.92 Å². The molecule has 0 aliphatic heterocycles. The Labute approximate surface area is 188 Å². The van der Waals surface area contributed by atoms with Crippen molar-refractivity contribution in [3.63, 3.8) is 0 Å². The highest BCUT2D eigenvalue weighted by atomic mass is 79.9. The number of aromatic nitrogens is 2. The number of carbonyl (C=O) groups is 1. The number of nitrogens with one attached hydrogen (secondary N) is 2. The summed E-state index contributed by atoms with van der Waals surface area (Å²) >= 11 is 3.24. The topological polar surface area (TPSA) is 105 Å². The van der Waals surface area contributed by atoms with Crippen LogP contribution in [0.4, 0.5) is 21.6 Å². The first-order chi connectivity index (χ1) is 14.9. The van der Waals surface area contributed by atoms with Crippen LogP contribution in [0.15, 0.2) is 41.1 Å². The highest BCUT2D eigenvalue weighted by Gasteiger charge is 2.12. The van der Waals surface area contributed by atoms with Gasteiger partial charge in [0.05, 0.1) is 30.0 Å². The van der Waals surface area contributed by atoms with Crippen molar-refractivity contribution in [2.75, 3.05) is 44.3 Å². The highest BCUT2D eigenvalue weighted by Crippen LogP contribution is 2.32. The van der Waals surface area contributed by atoms with Gasteiger partial charge in [-0.2, -0.15) is 0 Å². The van der Waals surface area contributed by atoms with Crippen LogP contribution >= 0.6 is 15.9 Å². The monoisotopic (exact) mass is 490 g/mol. The Morgan fingerprint density at radius 2 is 2.10 bits per heavy atom. The molecule has 1 aromatic heterocycles. The van der Waals surface area contributed by atoms with Gasteiger partial charge >= 0.3 is 0 Å². The van der Waals surface area contributed by atoms with Crippen LogP contribution in [0.2, 0.25) is 0 Å². The normalized spacial score (nSPS) is 11.0. The lowest BCUT2D eigenvalue weighted by atomic mass is 10.2. The number of nitrogens with two attached hydrogens (primary N) is 1. The zero-order valence-electron chi connectivity index (χ0n) is 17.3. The third-order valence-electron chi connectivity index (χ3n) is 4.59. The van der Waals surface area contributed by atoms with Crippen LogP contribution in [0.25, 0.3) is 10.9 Å². The smallest absolute Gasteiger partial charge is 0.234 e. The number of anilines is 3. The highest BCUT2D eigenvalue weighted by molar-refractivity contribution is 9.10. The van der Waals surface area contributed by atoms with Crippen molar-refractivity contribution in [3.8, 4) is 5.75 Å². The van der Waals surface area contributed by atoms with Crippen LogP contribution in [-0.2, 0) is 4.79 Å². The lowest BCUT2D eigenvalue weighted by molar-refractivity contribution is -0.122. The molecule has 4 N–H and O–H groups in total. The van der Waals surface area contributed by atoms with E-state index in [1.54, 1.807) is 24.3 Å². The maximum Gasteiger partial charge on any atom is 0.234 e. The summed E-state index contributed by atoms with van der Waals surface area (Å²) in [5.41, 5.74) is 7.40. The van der Waals surface area contributed by atoms with E-state index in [2.05, 4.69) is 36.5 Å². The third kappa shape index (κ3) is 6.02. The Bertz CT molecular complexity index is 1080. The molecule has 0 unspecified atom stereocenters. The number of ether oxygens (including phenoxy) is 1. The van der Waals surface area contributed by atoms with Crippen molar-refractivity contribution >= 4 is 49.9 Å². The Balaban J connectivity index is 1.69. The molecule has 0 radical (unpaired) electrons. The Hall–Kier alpha value is -2.98. The maximum atomic E-state index is 14.2. The molecule has 1 amide bonds. The van der Waals surface area contributed by atoms with E-state index >= 15 is 0 Å². The summed E-state index contributed by atoms with van der Waals surface area (Å²) in [4.78, 5) is 22.2. The molecule has 31 heavy (non-hydrogen) atoms. The van der Waals surface area contributed by atoms with Crippen LogP contribution in [0.5, 0.6) is 5.75 Å². The molecule has 2 aromatic carbocycles. The fourth-order valence-corrected chi connectivity index (χ4v) is 3.14. The largest absolute Gasteiger partial charge is 0.490 e. The van der Waals surface area contributed by atoms with E-state index in [1.165, 1.54) is 12.4 Å². The molecular formula is C21H24BrFN6O2. The number of nitrogens with zero attached hydrogens (tertiary/aromatic N) is 3. The lowest BCUT2D eigenvalue weighted by Crippen LogP contribution is -2.36. The van der Waals surface area contributed by atoms with Gasteiger partial charge in [-0.05, 0) is 37.9 Å². The van der Waals surface area contributed by atoms with E-state index in [1.807, 2.05) is 18.9 Å². The number of halogens is 2. The summed E-state index contributed by atoms with van der Waals surface area (Å²) in [6.07, 6.45) is 1.38. The summed E-state index contributed by atoms with van der Waals surface area (Å²) in [6.45, 7) is 3.73. The molecule has 0 atom stereocenters. The fourth-order valence-electron chi connectivity index (χ4n) is 2.81. The van der Waals surface area contributed by atoms with Gasteiger partial charge < -0.3 is 21.1 Å². The van der Waals surface area contributed by atoms with Gasteiger partial charge in [0, 0.05) is 15.9 Å². The quantitative estimate of drug-likeness (QED) is 0.312. The van der Waals surface area contributed by atoms with Crippen molar-refractivity contribution in [1.82, 2.24) is 20.2 Å². The summed E-state index contributed by atoms with van der Waals surface area (Å²) in [6, 6.07) is 8.08. The fraction of sp³-hybridized carbons (Fsp3) is 0.286. The molecule has 0 bridgehead atoms. The average Bonchev–Trinajstić information content (AvgIpc) is 2.73. The van der Waals surface area contributed by atoms with E-state index in [0.717, 1.165) is 6.54 Å². The molecule has 0 saturated heterocycles. The second-order valence-corrected chi connectivity index (χ2v) is 7.82. The molecule has 0 fully saturated rings. The number of nitrogen functional groups attached to an aromatic ring is 1. The number of benzene rings is 2. The van der Waals surface area contributed by atoms with E-state index in [4.69, 9.17) is 10.5 Å². The van der Waals surface area contributed by atoms with Gasteiger partial charge in [0.25, 0.3) is 0 Å². The van der Waals surface area contributed by atoms with Gasteiger partial charge in [-0.25, -0.2) is 14.4 Å². The Morgan fingerprint density at radius 3 is 2.84 bits per heavy atom. The number of amides is 1. The number of hydrogen-bond acceptors (Lipinski definition) is 7. The number of hydrogen-bond donors (Lipinski definition) is 3. The van der Waals surface area contributed by atoms with E-state index < -0.39 is 5.82 Å². The first-order valence-electron chi connectivity index (χ1n) is 9.71. The van der Waals surface area contributed by atoms with Crippen molar-refractivity contribution < 1.29 is 13.9 Å². The summed E-state index contributed by atoms with van der Waals surface area (Å²) in [7, 11) is 1.88. The minimum Gasteiger partial charge on any atom is -0.490 e. The maximum absolute atomic E-state index is 14.2. The molecule has 0 spiro atoms. The number of carbonyl (C=O) groups excluding carboxylic acids is 1. The SMILES string of the molecule is CCN(C)CC(=O)NCCOc1cc2ncnc(Nc3ccc(Br)cc3F)c2cc1N. The van der Waals surface area contributed by atoms with Crippen molar-refractivity contribution in [1.29, 1.82) is 0 Å². The molecule has 3 rings (SSSR count). The predicted octanol–water partition coefficient (Wildman–Crippen LogP) is 3.30. The Morgan fingerprint density at radius 1 is 1.29 bits per heavy atom. The molecular weight excluding hydrogens is 467 g/mol. The first kappa shape index (κ1) is 22.7. The standard InChI is InChI=1S/C21H24BrFN6O2/c1-3-29(2)11-20(30)25-6-7-31-19-10-18-14(9-16(19)24)21(27-12-26-18)28-17-5-4-13(22)8-15(17)23/h4-5,8-10,12H,3,6-7,11,24H2,1-2H3,(H,25,30)(H,26,27,28). The molecule has 1 heterocycles. The molecule has 8 nitrogen and oxygen atoms in total. The summed E-state index contributed by atoms with van der Waals surface area (Å²) in [5, 5.41) is 6.41. The van der Waals surface area contributed by atoms with Crippen LogP contribution in [0, 0.1) is 5.82 Å². The van der Waals surface area contributed by atoms with E-state index in [0.29, 0.717) is 45.7 Å². The number of fused-ring (bicyclic) bond motifs is 1. The molecule has 0 aliphatic rings. The van der Waals surface area contributed by atoms with Crippen molar-refractivity contribution in [3.05, 3.63) is 46.9 Å². The van der Waals surface area contributed by atoms with Gasteiger partial charge in [0.1, 0.15) is 30.3 Å². The molecule has 3 aromatic rings.